The van der Waals surface area contributed by atoms with E-state index in [0.29, 0.717) is 32.7 Å². The molecule has 0 atom stereocenters. The van der Waals surface area contributed by atoms with Crippen molar-refractivity contribution < 1.29 is 19.1 Å². The summed E-state index contributed by atoms with van der Waals surface area (Å²) in [6, 6.07) is 14.2. The van der Waals surface area contributed by atoms with E-state index < -0.39 is 0 Å². The number of ether oxygens (including phenoxy) is 1. The highest BCUT2D eigenvalue weighted by Gasteiger charge is 2.35. The Morgan fingerprint density at radius 3 is 2.43 bits per heavy atom. The first-order chi connectivity index (χ1) is 17.7. The molecule has 2 aromatic carbocycles. The van der Waals surface area contributed by atoms with E-state index in [1.54, 1.807) is 36.4 Å². The number of carbonyl (C=O) groups is 3. The van der Waals surface area contributed by atoms with Crippen molar-refractivity contribution >= 4 is 58.2 Å². The third kappa shape index (κ3) is 5.95. The van der Waals surface area contributed by atoms with Crippen LogP contribution in [0.25, 0.3) is 11.8 Å². The van der Waals surface area contributed by atoms with Gasteiger partial charge in [-0.3, -0.25) is 14.5 Å². The Morgan fingerprint density at radius 1 is 1.03 bits per heavy atom. The van der Waals surface area contributed by atoms with Gasteiger partial charge in [-0.2, -0.15) is 0 Å². The molecule has 192 valence electrons. The van der Waals surface area contributed by atoms with Crippen LogP contribution < -0.4 is 0 Å². The standard InChI is InChI=1S/C28H26Cl2N2O4S/c1-4-5-12-36-27(34)20-7-9-22(10-8-20)32-17(2)13-21(18(32)3)15-25-26(33)31(28(35)37-25)16-19-6-11-23(29)24(30)14-19/h6-11,13-15H,4-5,12,16H2,1-3H3/b25-15-. The molecular weight excluding hydrogens is 531 g/mol. The van der Waals surface area contributed by atoms with Gasteiger partial charge in [0.15, 0.2) is 0 Å². The first-order valence-electron chi connectivity index (χ1n) is 11.9. The number of rotatable bonds is 8. The Hall–Kier alpha value is -3.00. The number of unbranched alkanes of at least 4 members (excludes halogenated alkanes) is 1. The molecule has 3 aromatic rings. The second-order valence-corrected chi connectivity index (χ2v) is 10.5. The summed E-state index contributed by atoms with van der Waals surface area (Å²) in [6.45, 7) is 6.49. The fourth-order valence-corrected chi connectivity index (χ4v) is 5.22. The molecule has 0 unspecified atom stereocenters. The third-order valence-corrected chi connectivity index (χ3v) is 7.69. The summed E-state index contributed by atoms with van der Waals surface area (Å²) in [5.74, 6) is -0.685. The van der Waals surface area contributed by atoms with Crippen molar-refractivity contribution in [3.63, 3.8) is 0 Å². The molecule has 1 aliphatic rings. The molecule has 37 heavy (non-hydrogen) atoms. The quantitative estimate of drug-likeness (QED) is 0.162. The minimum Gasteiger partial charge on any atom is -0.462 e. The number of esters is 1. The summed E-state index contributed by atoms with van der Waals surface area (Å²) >= 11 is 13.0. The second-order valence-electron chi connectivity index (χ2n) is 8.71. The zero-order valence-electron chi connectivity index (χ0n) is 20.7. The fraction of sp³-hybridized carbons (Fsp3) is 0.250. The van der Waals surface area contributed by atoms with Gasteiger partial charge in [-0.25, -0.2) is 4.79 Å². The number of amides is 2. The van der Waals surface area contributed by atoms with E-state index in [-0.39, 0.29) is 23.7 Å². The highest BCUT2D eigenvalue weighted by Crippen LogP contribution is 2.35. The van der Waals surface area contributed by atoms with Crippen molar-refractivity contribution in [3.8, 4) is 5.69 Å². The number of imide groups is 1. The third-order valence-electron chi connectivity index (χ3n) is 6.05. The van der Waals surface area contributed by atoms with Crippen molar-refractivity contribution in [3.05, 3.63) is 91.6 Å². The number of thioether (sulfide) groups is 1. The number of hydrogen-bond acceptors (Lipinski definition) is 5. The Balaban J connectivity index is 1.53. The van der Waals surface area contributed by atoms with Crippen molar-refractivity contribution in [2.24, 2.45) is 0 Å². The molecule has 6 nitrogen and oxygen atoms in total. The molecule has 0 bridgehead atoms. The largest absolute Gasteiger partial charge is 0.462 e. The molecule has 1 saturated heterocycles. The minimum absolute atomic E-state index is 0.116. The first-order valence-corrected chi connectivity index (χ1v) is 13.4. The lowest BCUT2D eigenvalue weighted by Crippen LogP contribution is -2.27. The molecule has 0 saturated carbocycles. The number of aryl methyl sites for hydroxylation is 1. The van der Waals surface area contributed by atoms with Gasteiger partial charge in [0.25, 0.3) is 11.1 Å². The summed E-state index contributed by atoms with van der Waals surface area (Å²) in [7, 11) is 0. The molecule has 0 radical (unpaired) electrons. The van der Waals surface area contributed by atoms with E-state index in [2.05, 4.69) is 0 Å². The maximum Gasteiger partial charge on any atom is 0.338 e. The maximum atomic E-state index is 13.1. The molecule has 1 aromatic heterocycles. The number of halogens is 2. The lowest BCUT2D eigenvalue weighted by molar-refractivity contribution is -0.123. The predicted molar refractivity (Wildman–Crippen MR) is 148 cm³/mol. The van der Waals surface area contributed by atoms with E-state index in [9.17, 15) is 14.4 Å². The summed E-state index contributed by atoms with van der Waals surface area (Å²) < 4.78 is 7.32. The van der Waals surface area contributed by atoms with Gasteiger partial charge in [0.2, 0.25) is 0 Å². The van der Waals surface area contributed by atoms with Gasteiger partial charge in [0.1, 0.15) is 0 Å². The Labute approximate surface area is 230 Å². The lowest BCUT2D eigenvalue weighted by Gasteiger charge is -2.13. The van der Waals surface area contributed by atoms with Crippen LogP contribution in [0, 0.1) is 13.8 Å². The van der Waals surface area contributed by atoms with Crippen LogP contribution in [0.15, 0.2) is 53.4 Å². The van der Waals surface area contributed by atoms with E-state index in [1.165, 1.54) is 4.90 Å². The minimum atomic E-state index is -0.350. The number of hydrogen-bond donors (Lipinski definition) is 0. The average molecular weight is 557 g/mol. The van der Waals surface area contributed by atoms with E-state index in [4.69, 9.17) is 27.9 Å². The molecule has 2 amide bonds. The van der Waals surface area contributed by atoms with Crippen LogP contribution in [0.4, 0.5) is 4.79 Å². The van der Waals surface area contributed by atoms with Crippen LogP contribution in [0.1, 0.15) is 52.6 Å². The molecule has 0 aliphatic carbocycles. The topological polar surface area (TPSA) is 68.6 Å². The van der Waals surface area contributed by atoms with E-state index in [0.717, 1.165) is 47.2 Å². The Bertz CT molecular complexity index is 1400. The number of nitrogens with zero attached hydrogens (tertiary/aromatic N) is 2. The van der Waals surface area contributed by atoms with Gasteiger partial charge in [-0.05, 0) is 91.7 Å². The van der Waals surface area contributed by atoms with Crippen LogP contribution in [-0.2, 0) is 16.1 Å². The van der Waals surface area contributed by atoms with E-state index >= 15 is 0 Å². The summed E-state index contributed by atoms with van der Waals surface area (Å²) in [6.07, 6.45) is 3.55. The fourth-order valence-electron chi connectivity index (χ4n) is 4.07. The summed E-state index contributed by atoms with van der Waals surface area (Å²) in [4.78, 5) is 39.4. The molecule has 9 heteroatoms. The maximum absolute atomic E-state index is 13.1. The zero-order chi connectivity index (χ0) is 26.7. The molecule has 1 aliphatic heterocycles. The SMILES string of the molecule is CCCCOC(=O)c1ccc(-n2c(C)cc(/C=C3\SC(=O)N(Cc4ccc(Cl)c(Cl)c4)C3=O)c2C)cc1. The van der Waals surface area contributed by atoms with Crippen molar-refractivity contribution in [2.75, 3.05) is 6.61 Å². The highest BCUT2D eigenvalue weighted by atomic mass is 35.5. The first kappa shape index (κ1) is 27.0. The Morgan fingerprint density at radius 2 is 1.76 bits per heavy atom. The molecule has 0 N–H and O–H groups in total. The highest BCUT2D eigenvalue weighted by molar-refractivity contribution is 8.18. The summed E-state index contributed by atoms with van der Waals surface area (Å²) in [5, 5.41) is 0.449. The Kier molecular flexibility index (Phi) is 8.47. The number of aromatic nitrogens is 1. The van der Waals surface area contributed by atoms with Crippen molar-refractivity contribution in [1.29, 1.82) is 0 Å². The lowest BCUT2D eigenvalue weighted by atomic mass is 10.2. The number of benzene rings is 2. The average Bonchev–Trinajstić information content (AvgIpc) is 3.30. The monoisotopic (exact) mass is 556 g/mol. The van der Waals surface area contributed by atoms with Gasteiger partial charge < -0.3 is 9.30 Å². The van der Waals surface area contributed by atoms with Gasteiger partial charge in [0, 0.05) is 17.1 Å². The molecular formula is C28H26Cl2N2O4S. The molecule has 4 rings (SSSR count). The number of carbonyl (C=O) groups excluding carboxylic acids is 3. The van der Waals surface area contributed by atoms with Gasteiger partial charge in [0.05, 0.1) is 33.7 Å². The molecule has 2 heterocycles. The molecule has 0 spiro atoms. The van der Waals surface area contributed by atoms with Crippen LogP contribution in [0.5, 0.6) is 0 Å². The van der Waals surface area contributed by atoms with Gasteiger partial charge in [-0.15, -0.1) is 0 Å². The molecule has 1 fully saturated rings. The van der Waals surface area contributed by atoms with E-state index in [1.807, 2.05) is 43.5 Å². The normalized spacial score (nSPS) is 14.6. The van der Waals surface area contributed by atoms with Crippen molar-refractivity contribution in [1.82, 2.24) is 9.47 Å². The van der Waals surface area contributed by atoms with Crippen LogP contribution in [0.3, 0.4) is 0 Å². The smallest absolute Gasteiger partial charge is 0.338 e. The summed E-state index contributed by atoms with van der Waals surface area (Å²) in [5.41, 5.74) is 4.80. The van der Waals surface area contributed by atoms with Gasteiger partial charge in [-0.1, -0.05) is 42.6 Å². The second kappa shape index (κ2) is 11.6. The zero-order valence-corrected chi connectivity index (χ0v) is 23.0. The van der Waals surface area contributed by atoms with Crippen LogP contribution >= 0.6 is 35.0 Å². The van der Waals surface area contributed by atoms with Crippen LogP contribution in [-0.4, -0.2) is 33.2 Å². The van der Waals surface area contributed by atoms with Crippen LogP contribution in [0.2, 0.25) is 10.0 Å². The predicted octanol–water partition coefficient (Wildman–Crippen LogP) is 7.59. The van der Waals surface area contributed by atoms with Gasteiger partial charge >= 0.3 is 5.97 Å². The van der Waals surface area contributed by atoms with Crippen molar-refractivity contribution in [2.45, 2.75) is 40.2 Å².